The second-order valence-electron chi connectivity index (χ2n) is 4.32. The van der Waals surface area contributed by atoms with Crippen molar-refractivity contribution in [3.05, 3.63) is 57.4 Å². The van der Waals surface area contributed by atoms with Crippen LogP contribution in [0.15, 0.2) is 41.3 Å². The molecule has 0 aromatic heterocycles. The number of rotatable bonds is 5. The third kappa shape index (κ3) is 3.69. The standard InChI is InChI=1S/C13H10ClFN2O5S/c1-22-12-7-9(17(18)19)3-5-13(12)23(20,21)16-11-4-2-8(14)6-10(11)15/h2-7,16H,1H3. The van der Waals surface area contributed by atoms with Crippen molar-refractivity contribution in [1.82, 2.24) is 0 Å². The van der Waals surface area contributed by atoms with Gasteiger partial charge in [-0.2, -0.15) is 0 Å². The minimum Gasteiger partial charge on any atom is -0.495 e. The molecule has 0 heterocycles. The summed E-state index contributed by atoms with van der Waals surface area (Å²) in [4.78, 5) is 9.67. The topological polar surface area (TPSA) is 98.5 Å². The SMILES string of the molecule is COc1cc([N+](=O)[O-])ccc1S(=O)(=O)Nc1ccc(Cl)cc1F. The van der Waals surface area contributed by atoms with E-state index in [1.165, 1.54) is 13.2 Å². The first-order valence-electron chi connectivity index (χ1n) is 6.05. The van der Waals surface area contributed by atoms with Crippen LogP contribution in [-0.2, 0) is 10.0 Å². The van der Waals surface area contributed by atoms with Crippen molar-refractivity contribution >= 4 is 33.0 Å². The summed E-state index contributed by atoms with van der Waals surface area (Å²) in [6.45, 7) is 0. The smallest absolute Gasteiger partial charge is 0.273 e. The number of ether oxygens (including phenoxy) is 1. The fraction of sp³-hybridized carbons (Fsp3) is 0.0769. The number of anilines is 1. The molecule has 2 rings (SSSR count). The van der Waals surface area contributed by atoms with Crippen molar-refractivity contribution in [2.75, 3.05) is 11.8 Å². The number of halogens is 2. The number of benzene rings is 2. The maximum atomic E-state index is 13.7. The van der Waals surface area contributed by atoms with E-state index in [9.17, 15) is 22.9 Å². The Hall–Kier alpha value is -2.39. The zero-order valence-electron chi connectivity index (χ0n) is 11.6. The molecule has 0 unspecified atom stereocenters. The number of hydrogen-bond donors (Lipinski definition) is 1. The van der Waals surface area contributed by atoms with Crippen LogP contribution in [0, 0.1) is 15.9 Å². The highest BCUT2D eigenvalue weighted by Crippen LogP contribution is 2.30. The average molecular weight is 361 g/mol. The highest BCUT2D eigenvalue weighted by molar-refractivity contribution is 7.92. The molecule has 0 spiro atoms. The van der Waals surface area contributed by atoms with Crippen molar-refractivity contribution in [3.8, 4) is 5.75 Å². The van der Waals surface area contributed by atoms with Gasteiger partial charge in [-0.05, 0) is 24.3 Å². The summed E-state index contributed by atoms with van der Waals surface area (Å²) >= 11 is 5.60. The molecular formula is C13H10ClFN2O5S. The minimum atomic E-state index is -4.21. The monoisotopic (exact) mass is 360 g/mol. The van der Waals surface area contributed by atoms with Gasteiger partial charge in [0, 0.05) is 11.1 Å². The van der Waals surface area contributed by atoms with E-state index < -0.39 is 20.8 Å². The lowest BCUT2D eigenvalue weighted by Crippen LogP contribution is -2.15. The molecule has 0 saturated carbocycles. The third-order valence-corrected chi connectivity index (χ3v) is 4.46. The van der Waals surface area contributed by atoms with Crippen LogP contribution < -0.4 is 9.46 Å². The van der Waals surface area contributed by atoms with Crippen molar-refractivity contribution < 1.29 is 22.5 Å². The van der Waals surface area contributed by atoms with Gasteiger partial charge < -0.3 is 4.74 Å². The van der Waals surface area contributed by atoms with Gasteiger partial charge in [0.05, 0.1) is 23.8 Å². The summed E-state index contributed by atoms with van der Waals surface area (Å²) in [5.41, 5.74) is -0.645. The number of methoxy groups -OCH3 is 1. The van der Waals surface area contributed by atoms with Crippen LogP contribution in [0.1, 0.15) is 0 Å². The number of nitrogens with zero attached hydrogens (tertiary/aromatic N) is 1. The summed E-state index contributed by atoms with van der Waals surface area (Å²) in [7, 11) is -3.05. The summed E-state index contributed by atoms with van der Waals surface area (Å²) in [5.74, 6) is -1.09. The van der Waals surface area contributed by atoms with E-state index in [0.29, 0.717) is 0 Å². The first kappa shape index (κ1) is 17.0. The van der Waals surface area contributed by atoms with Gasteiger partial charge in [0.15, 0.2) is 0 Å². The van der Waals surface area contributed by atoms with Gasteiger partial charge in [0.2, 0.25) is 0 Å². The van der Waals surface area contributed by atoms with E-state index in [1.54, 1.807) is 0 Å². The molecule has 0 saturated heterocycles. The molecule has 0 amide bonds. The molecule has 10 heteroatoms. The zero-order valence-corrected chi connectivity index (χ0v) is 13.2. The van der Waals surface area contributed by atoms with E-state index >= 15 is 0 Å². The molecule has 0 bridgehead atoms. The molecule has 0 atom stereocenters. The number of nitrogens with one attached hydrogen (secondary N) is 1. The van der Waals surface area contributed by atoms with Crippen LogP contribution in [0.4, 0.5) is 15.8 Å². The van der Waals surface area contributed by atoms with Crippen LogP contribution >= 0.6 is 11.6 Å². The summed E-state index contributed by atoms with van der Waals surface area (Å²) in [5, 5.41) is 10.8. The molecular weight excluding hydrogens is 351 g/mol. The highest BCUT2D eigenvalue weighted by Gasteiger charge is 2.23. The summed E-state index contributed by atoms with van der Waals surface area (Å²) in [6.07, 6.45) is 0. The molecule has 0 fully saturated rings. The van der Waals surface area contributed by atoms with E-state index in [0.717, 1.165) is 30.3 Å². The Kier molecular flexibility index (Phi) is 4.71. The number of sulfonamides is 1. The van der Waals surface area contributed by atoms with Crippen LogP contribution in [-0.4, -0.2) is 20.5 Å². The highest BCUT2D eigenvalue weighted by atomic mass is 35.5. The molecule has 2 aromatic carbocycles. The largest absolute Gasteiger partial charge is 0.495 e. The molecule has 23 heavy (non-hydrogen) atoms. The third-order valence-electron chi connectivity index (χ3n) is 2.82. The van der Waals surface area contributed by atoms with Gasteiger partial charge in [-0.25, -0.2) is 12.8 Å². The quantitative estimate of drug-likeness (QED) is 0.652. The van der Waals surface area contributed by atoms with Gasteiger partial charge in [0.1, 0.15) is 16.5 Å². The molecule has 0 aliphatic carbocycles. The molecule has 0 aliphatic heterocycles. The van der Waals surface area contributed by atoms with E-state index in [1.807, 2.05) is 4.72 Å². The normalized spacial score (nSPS) is 11.1. The Morgan fingerprint density at radius 2 is 1.96 bits per heavy atom. The molecule has 122 valence electrons. The predicted molar refractivity (Wildman–Crippen MR) is 81.9 cm³/mol. The van der Waals surface area contributed by atoms with Gasteiger partial charge >= 0.3 is 0 Å². The number of nitro benzene ring substituents is 1. The van der Waals surface area contributed by atoms with E-state index in [4.69, 9.17) is 16.3 Å². The van der Waals surface area contributed by atoms with Crippen molar-refractivity contribution in [1.29, 1.82) is 0 Å². The Labute approximate surface area is 135 Å². The Bertz CT molecular complexity index is 873. The summed E-state index contributed by atoms with van der Waals surface area (Å²) < 4.78 is 45.3. The Morgan fingerprint density at radius 1 is 1.26 bits per heavy atom. The van der Waals surface area contributed by atoms with Crippen LogP contribution in [0.3, 0.4) is 0 Å². The molecule has 0 radical (unpaired) electrons. The van der Waals surface area contributed by atoms with Gasteiger partial charge in [0.25, 0.3) is 15.7 Å². The number of nitro groups is 1. The lowest BCUT2D eigenvalue weighted by atomic mass is 10.3. The average Bonchev–Trinajstić information content (AvgIpc) is 2.49. The van der Waals surface area contributed by atoms with Crippen molar-refractivity contribution in [2.24, 2.45) is 0 Å². The molecule has 2 aromatic rings. The minimum absolute atomic E-state index is 0.110. The number of non-ortho nitro benzene ring substituents is 1. The second kappa shape index (κ2) is 6.39. The van der Waals surface area contributed by atoms with Crippen LogP contribution in [0.2, 0.25) is 5.02 Å². The van der Waals surface area contributed by atoms with Gasteiger partial charge in [-0.3, -0.25) is 14.8 Å². The van der Waals surface area contributed by atoms with E-state index in [-0.39, 0.29) is 27.0 Å². The van der Waals surface area contributed by atoms with Crippen molar-refractivity contribution in [3.63, 3.8) is 0 Å². The fourth-order valence-corrected chi connectivity index (χ4v) is 3.14. The van der Waals surface area contributed by atoms with Gasteiger partial charge in [-0.1, -0.05) is 11.6 Å². The Morgan fingerprint density at radius 3 is 2.52 bits per heavy atom. The first-order valence-corrected chi connectivity index (χ1v) is 7.91. The maximum Gasteiger partial charge on any atom is 0.273 e. The maximum absolute atomic E-state index is 13.7. The van der Waals surface area contributed by atoms with Crippen LogP contribution in [0.5, 0.6) is 5.75 Å². The lowest BCUT2D eigenvalue weighted by molar-refractivity contribution is -0.385. The summed E-state index contributed by atoms with van der Waals surface area (Å²) in [6, 6.07) is 6.41. The Balaban J connectivity index is 2.45. The van der Waals surface area contributed by atoms with Gasteiger partial charge in [-0.15, -0.1) is 0 Å². The zero-order chi connectivity index (χ0) is 17.2. The predicted octanol–water partition coefficient (Wildman–Crippen LogP) is 3.20. The number of hydrogen-bond acceptors (Lipinski definition) is 5. The lowest BCUT2D eigenvalue weighted by Gasteiger charge is -2.12. The molecule has 1 N–H and O–H groups in total. The molecule has 7 nitrogen and oxygen atoms in total. The van der Waals surface area contributed by atoms with Crippen molar-refractivity contribution in [2.45, 2.75) is 4.90 Å². The molecule has 0 aliphatic rings. The fourth-order valence-electron chi connectivity index (χ4n) is 1.76. The van der Waals surface area contributed by atoms with E-state index in [2.05, 4.69) is 0 Å². The van der Waals surface area contributed by atoms with Crippen LogP contribution in [0.25, 0.3) is 0 Å². The second-order valence-corrected chi connectivity index (χ2v) is 6.41. The first-order chi connectivity index (χ1) is 10.7.